The molecular weight excluding hydrogens is 486 g/mol. The van der Waals surface area contributed by atoms with Gasteiger partial charge in [-0.05, 0) is 56.5 Å². The van der Waals surface area contributed by atoms with Crippen molar-refractivity contribution in [2.45, 2.75) is 24.0 Å². The SMILES string of the molecule is Cc1ccc(S(=O)(=O)N[C@H](c2ccccc2)[C@@H]2OC(=O)C(Br)=C2Br)cc1. The van der Waals surface area contributed by atoms with Gasteiger partial charge in [0.2, 0.25) is 10.0 Å². The zero-order valence-corrected chi connectivity index (χ0v) is 17.6. The molecule has 26 heavy (non-hydrogen) atoms. The van der Waals surface area contributed by atoms with Gasteiger partial charge in [-0.1, -0.05) is 48.0 Å². The largest absolute Gasteiger partial charge is 0.451 e. The summed E-state index contributed by atoms with van der Waals surface area (Å²) in [6.07, 6.45) is -0.806. The Balaban J connectivity index is 2.00. The van der Waals surface area contributed by atoms with Crippen LogP contribution in [0.4, 0.5) is 0 Å². The molecule has 5 nitrogen and oxygen atoms in total. The molecule has 1 aliphatic rings. The summed E-state index contributed by atoms with van der Waals surface area (Å²) in [6, 6.07) is 14.8. The molecule has 2 aromatic carbocycles. The van der Waals surface area contributed by atoms with Crippen LogP contribution in [0.2, 0.25) is 0 Å². The second-order valence-corrected chi connectivity index (χ2v) is 9.17. The van der Waals surface area contributed by atoms with Crippen LogP contribution < -0.4 is 4.72 Å². The maximum absolute atomic E-state index is 12.9. The van der Waals surface area contributed by atoms with Gasteiger partial charge in [0.15, 0.2) is 6.10 Å². The number of sulfonamides is 1. The number of cyclic esters (lactones) is 1. The first kappa shape index (κ1) is 19.3. The van der Waals surface area contributed by atoms with E-state index >= 15 is 0 Å². The lowest BCUT2D eigenvalue weighted by Gasteiger charge is -2.24. The van der Waals surface area contributed by atoms with Crippen LogP contribution in [0.3, 0.4) is 0 Å². The molecule has 1 aliphatic heterocycles. The average molecular weight is 501 g/mol. The number of carbonyl (C=O) groups excluding carboxylic acids is 1. The molecule has 136 valence electrons. The van der Waals surface area contributed by atoms with Gasteiger partial charge in [0.25, 0.3) is 0 Å². The van der Waals surface area contributed by atoms with E-state index in [9.17, 15) is 13.2 Å². The summed E-state index contributed by atoms with van der Waals surface area (Å²) in [5.41, 5.74) is 1.64. The van der Waals surface area contributed by atoms with E-state index in [-0.39, 0.29) is 9.38 Å². The van der Waals surface area contributed by atoms with Gasteiger partial charge in [0.05, 0.1) is 15.4 Å². The molecule has 0 aromatic heterocycles. The molecule has 2 atom stereocenters. The number of carbonyl (C=O) groups is 1. The number of aryl methyl sites for hydroxylation is 1. The minimum absolute atomic E-state index is 0.146. The molecule has 0 unspecified atom stereocenters. The van der Waals surface area contributed by atoms with Crippen LogP contribution in [0.25, 0.3) is 0 Å². The predicted molar refractivity (Wildman–Crippen MR) is 105 cm³/mol. The highest BCUT2D eigenvalue weighted by Crippen LogP contribution is 2.38. The third-order valence-electron chi connectivity index (χ3n) is 3.95. The molecule has 0 radical (unpaired) electrons. The number of hydrogen-bond donors (Lipinski definition) is 1. The lowest BCUT2D eigenvalue weighted by Crippen LogP contribution is -2.37. The summed E-state index contributed by atoms with van der Waals surface area (Å²) >= 11 is 6.50. The molecule has 3 rings (SSSR count). The summed E-state index contributed by atoms with van der Waals surface area (Å²) in [4.78, 5) is 12.0. The minimum atomic E-state index is -3.82. The Morgan fingerprint density at radius 2 is 1.65 bits per heavy atom. The summed E-state index contributed by atoms with van der Waals surface area (Å²) in [7, 11) is -3.82. The fourth-order valence-electron chi connectivity index (χ4n) is 2.57. The van der Waals surface area contributed by atoms with Crippen LogP contribution >= 0.6 is 31.9 Å². The van der Waals surface area contributed by atoms with E-state index in [0.717, 1.165) is 5.56 Å². The van der Waals surface area contributed by atoms with Crippen LogP contribution in [0.15, 0.2) is 68.5 Å². The Hall–Kier alpha value is -1.48. The Kier molecular flexibility index (Phi) is 5.67. The quantitative estimate of drug-likeness (QED) is 0.631. The van der Waals surface area contributed by atoms with Gasteiger partial charge in [0, 0.05) is 0 Å². The fourth-order valence-corrected chi connectivity index (χ4v) is 4.64. The van der Waals surface area contributed by atoms with Crippen LogP contribution in [-0.4, -0.2) is 20.5 Å². The molecule has 1 N–H and O–H groups in total. The van der Waals surface area contributed by atoms with E-state index < -0.39 is 28.1 Å². The van der Waals surface area contributed by atoms with Gasteiger partial charge in [-0.3, -0.25) is 0 Å². The summed E-state index contributed by atoms with van der Waals surface area (Å²) in [5, 5.41) is 0. The molecule has 0 aliphatic carbocycles. The smallest absolute Gasteiger partial charge is 0.346 e. The van der Waals surface area contributed by atoms with E-state index in [1.165, 1.54) is 0 Å². The topological polar surface area (TPSA) is 72.5 Å². The zero-order chi connectivity index (χ0) is 18.9. The third kappa shape index (κ3) is 3.93. The van der Waals surface area contributed by atoms with E-state index in [1.54, 1.807) is 48.5 Å². The van der Waals surface area contributed by atoms with Crippen LogP contribution in [0, 0.1) is 6.92 Å². The van der Waals surface area contributed by atoms with Crippen LogP contribution in [0.1, 0.15) is 17.2 Å². The number of nitrogens with one attached hydrogen (secondary N) is 1. The highest BCUT2D eigenvalue weighted by atomic mass is 79.9. The summed E-state index contributed by atoms with van der Waals surface area (Å²) in [5.74, 6) is -0.544. The molecule has 8 heteroatoms. The highest BCUT2D eigenvalue weighted by Gasteiger charge is 2.39. The van der Waals surface area contributed by atoms with Gasteiger partial charge >= 0.3 is 5.97 Å². The van der Waals surface area contributed by atoms with Crippen molar-refractivity contribution >= 4 is 47.9 Å². The number of ether oxygens (including phenoxy) is 1. The van der Waals surface area contributed by atoms with Gasteiger partial charge in [-0.15, -0.1) is 0 Å². The monoisotopic (exact) mass is 499 g/mol. The van der Waals surface area contributed by atoms with Gasteiger partial charge in [-0.2, -0.15) is 4.72 Å². The Bertz CT molecular complexity index is 956. The fraction of sp³-hybridized carbons (Fsp3) is 0.167. The van der Waals surface area contributed by atoms with Crippen molar-refractivity contribution in [3.63, 3.8) is 0 Å². The first-order valence-corrected chi connectivity index (χ1v) is 10.8. The summed E-state index contributed by atoms with van der Waals surface area (Å²) in [6.45, 7) is 1.88. The van der Waals surface area contributed by atoms with Gasteiger partial charge < -0.3 is 4.74 Å². The van der Waals surface area contributed by atoms with Crippen molar-refractivity contribution in [2.75, 3.05) is 0 Å². The van der Waals surface area contributed by atoms with E-state index in [1.807, 2.05) is 13.0 Å². The van der Waals surface area contributed by atoms with E-state index in [2.05, 4.69) is 36.6 Å². The standard InChI is InChI=1S/C18H15Br2NO4S/c1-11-7-9-13(10-8-11)26(23,24)21-16(12-5-3-2-4-6-12)17-14(19)15(20)18(22)25-17/h2-10,16-17,21H,1H3/t16-,17-/m1/s1. The van der Waals surface area contributed by atoms with E-state index in [4.69, 9.17) is 4.74 Å². The molecule has 0 spiro atoms. The Labute approximate surface area is 168 Å². The lowest BCUT2D eigenvalue weighted by atomic mass is 10.0. The van der Waals surface area contributed by atoms with Crippen LogP contribution in [0.5, 0.6) is 0 Å². The first-order chi connectivity index (χ1) is 12.3. The van der Waals surface area contributed by atoms with Crippen LogP contribution in [-0.2, 0) is 19.6 Å². The maximum Gasteiger partial charge on any atom is 0.346 e. The van der Waals surface area contributed by atoms with Crippen molar-refractivity contribution in [1.29, 1.82) is 0 Å². The molecule has 0 bridgehead atoms. The number of esters is 1. The van der Waals surface area contributed by atoms with E-state index in [0.29, 0.717) is 10.0 Å². The van der Waals surface area contributed by atoms with Gasteiger partial charge in [-0.25, -0.2) is 13.2 Å². The lowest BCUT2D eigenvalue weighted by molar-refractivity contribution is -0.139. The Morgan fingerprint density at radius 3 is 2.19 bits per heavy atom. The molecule has 1 heterocycles. The normalized spacial score (nSPS) is 18.7. The second kappa shape index (κ2) is 7.64. The maximum atomic E-state index is 12.9. The third-order valence-corrected chi connectivity index (χ3v) is 7.54. The number of halogens is 2. The molecule has 0 saturated heterocycles. The second-order valence-electron chi connectivity index (χ2n) is 5.81. The van der Waals surface area contributed by atoms with Gasteiger partial charge in [0.1, 0.15) is 4.48 Å². The van der Waals surface area contributed by atoms with Crippen molar-refractivity contribution in [2.24, 2.45) is 0 Å². The average Bonchev–Trinajstić information content (AvgIpc) is 2.88. The number of hydrogen-bond acceptors (Lipinski definition) is 4. The van der Waals surface area contributed by atoms with Crippen molar-refractivity contribution in [3.05, 3.63) is 74.7 Å². The zero-order valence-electron chi connectivity index (χ0n) is 13.6. The molecule has 0 fully saturated rings. The van der Waals surface area contributed by atoms with Crippen molar-refractivity contribution < 1.29 is 17.9 Å². The molecular formula is C18H15Br2NO4S. The minimum Gasteiger partial charge on any atom is -0.451 e. The highest BCUT2D eigenvalue weighted by molar-refractivity contribution is 9.14. The molecule has 0 amide bonds. The number of rotatable bonds is 5. The number of benzene rings is 2. The van der Waals surface area contributed by atoms with Crippen molar-refractivity contribution in [1.82, 2.24) is 4.72 Å². The Morgan fingerprint density at radius 1 is 1.04 bits per heavy atom. The summed E-state index contributed by atoms with van der Waals surface area (Å²) < 4.78 is 34.5. The molecule has 2 aromatic rings. The van der Waals surface area contributed by atoms with Crippen molar-refractivity contribution in [3.8, 4) is 0 Å². The predicted octanol–water partition coefficient (Wildman–Crippen LogP) is 3.94. The first-order valence-electron chi connectivity index (χ1n) is 7.69. The molecule has 0 saturated carbocycles.